The van der Waals surface area contributed by atoms with E-state index in [1.807, 2.05) is 13.8 Å². The Bertz CT molecular complexity index is 1360. The summed E-state index contributed by atoms with van der Waals surface area (Å²) in [6.45, 7) is 12.3. The molecule has 0 amide bonds. The average molecular weight is 478 g/mol. The molecule has 3 rings (SSSR count). The van der Waals surface area contributed by atoms with E-state index < -0.39 is 27.6 Å². The second kappa shape index (κ2) is 8.42. The molecule has 0 aliphatic rings. The average Bonchev–Trinajstić information content (AvgIpc) is 2.94. The van der Waals surface area contributed by atoms with Crippen molar-refractivity contribution in [1.29, 1.82) is 0 Å². The number of thiophene rings is 1. The second-order valence-corrected chi connectivity index (χ2v) is 11.7. The van der Waals surface area contributed by atoms with Gasteiger partial charge in [-0.2, -0.15) is 0 Å². The van der Waals surface area contributed by atoms with Crippen LogP contribution in [0.2, 0.25) is 0 Å². The van der Waals surface area contributed by atoms with Gasteiger partial charge in [-0.3, -0.25) is 4.79 Å². The summed E-state index contributed by atoms with van der Waals surface area (Å²) >= 11 is 1.41. The first kappa shape index (κ1) is 24.1. The normalized spacial score (nSPS) is 13.3. The summed E-state index contributed by atoms with van der Waals surface area (Å²) in [5.74, 6) is -0.475. The van der Waals surface area contributed by atoms with E-state index >= 15 is 0 Å². The van der Waals surface area contributed by atoms with E-state index in [0.29, 0.717) is 15.8 Å². The molecule has 0 bridgehead atoms. The lowest BCUT2D eigenvalue weighted by atomic mass is 10.1. The summed E-state index contributed by atoms with van der Waals surface area (Å²) in [6, 6.07) is 4.30. The number of hydrogen-bond acceptors (Lipinski definition) is 7. The van der Waals surface area contributed by atoms with Gasteiger partial charge in [0.1, 0.15) is 4.83 Å². The maximum absolute atomic E-state index is 12.9. The number of carbonyl (C=O) groups excluding carboxylic acids is 1. The fourth-order valence-corrected chi connectivity index (χ4v) is 5.68. The number of nitrogens with zero attached hydrogens (tertiary/aromatic N) is 1. The maximum atomic E-state index is 12.9. The highest BCUT2D eigenvalue weighted by atomic mass is 32.2. The van der Waals surface area contributed by atoms with Crippen LogP contribution in [-0.4, -0.2) is 29.9 Å². The Morgan fingerprint density at radius 3 is 2.50 bits per heavy atom. The number of aromatic amines is 1. The Kier molecular flexibility index (Phi) is 6.34. The molecule has 10 heteroatoms. The lowest BCUT2D eigenvalue weighted by Gasteiger charge is -2.21. The number of rotatable bonds is 5. The molecule has 0 aliphatic heterocycles. The Hall–Kier alpha value is -2.56. The fourth-order valence-electron chi connectivity index (χ4n) is 3.19. The molecule has 8 nitrogen and oxygen atoms in total. The SMILES string of the molecule is Cc1ccc(S(=O)(=O)NC(C)(C)C)cc1C(=O)O[C@@H](C)c1nc2sc(C)c(C)c2c(=O)[nH]1. The summed E-state index contributed by atoms with van der Waals surface area (Å²) in [5.41, 5.74) is 0.617. The van der Waals surface area contributed by atoms with Crippen LogP contribution in [0.1, 0.15) is 66.0 Å². The van der Waals surface area contributed by atoms with Gasteiger partial charge in [-0.1, -0.05) is 6.07 Å². The lowest BCUT2D eigenvalue weighted by molar-refractivity contribution is 0.0319. The van der Waals surface area contributed by atoms with Crippen molar-refractivity contribution in [3.63, 3.8) is 0 Å². The number of H-pyrrole nitrogens is 1. The first-order chi connectivity index (χ1) is 14.7. The third-order valence-electron chi connectivity index (χ3n) is 4.91. The van der Waals surface area contributed by atoms with Crippen LogP contribution >= 0.6 is 11.3 Å². The highest BCUT2D eigenvalue weighted by Crippen LogP contribution is 2.27. The number of esters is 1. The zero-order chi connectivity index (χ0) is 24.0. The van der Waals surface area contributed by atoms with Crippen molar-refractivity contribution in [3.8, 4) is 0 Å². The number of sulfonamides is 1. The zero-order valence-electron chi connectivity index (χ0n) is 19.1. The van der Waals surface area contributed by atoms with E-state index in [4.69, 9.17) is 4.74 Å². The molecule has 2 heterocycles. The van der Waals surface area contributed by atoms with Crippen molar-refractivity contribution in [2.45, 2.75) is 65.0 Å². The molecule has 0 saturated carbocycles. The van der Waals surface area contributed by atoms with Gasteiger partial charge < -0.3 is 9.72 Å². The summed E-state index contributed by atoms with van der Waals surface area (Å²) in [4.78, 5) is 34.1. The van der Waals surface area contributed by atoms with Gasteiger partial charge in [-0.25, -0.2) is 22.9 Å². The minimum absolute atomic E-state index is 0.0323. The molecule has 2 N–H and O–H groups in total. The molecule has 0 saturated heterocycles. The Morgan fingerprint density at radius 2 is 1.88 bits per heavy atom. The van der Waals surface area contributed by atoms with Gasteiger partial charge in [-0.15, -0.1) is 11.3 Å². The third-order valence-corrected chi connectivity index (χ3v) is 7.76. The lowest BCUT2D eigenvalue weighted by Crippen LogP contribution is -2.40. The number of aryl methyl sites for hydroxylation is 3. The first-order valence-corrected chi connectivity index (χ1v) is 12.3. The molecule has 172 valence electrons. The van der Waals surface area contributed by atoms with Gasteiger partial charge in [0.05, 0.1) is 15.8 Å². The van der Waals surface area contributed by atoms with E-state index in [2.05, 4.69) is 14.7 Å². The summed E-state index contributed by atoms with van der Waals surface area (Å²) in [7, 11) is -3.82. The van der Waals surface area contributed by atoms with E-state index in [-0.39, 0.29) is 21.8 Å². The van der Waals surface area contributed by atoms with Crippen molar-refractivity contribution in [2.24, 2.45) is 0 Å². The molecule has 0 aliphatic carbocycles. The third kappa shape index (κ3) is 4.92. The molecule has 0 unspecified atom stereocenters. The zero-order valence-corrected chi connectivity index (χ0v) is 20.7. The fraction of sp³-hybridized carbons (Fsp3) is 0.409. The molecular formula is C22H27N3O5S2. The van der Waals surface area contributed by atoms with Gasteiger partial charge in [-0.05, 0) is 71.7 Å². The number of benzene rings is 1. The number of nitrogens with one attached hydrogen (secondary N) is 2. The Balaban J connectivity index is 1.90. The highest BCUT2D eigenvalue weighted by Gasteiger charge is 2.25. The summed E-state index contributed by atoms with van der Waals surface area (Å²) in [6.07, 6.45) is -0.838. The predicted octanol–water partition coefficient (Wildman–Crippen LogP) is 3.90. The highest BCUT2D eigenvalue weighted by molar-refractivity contribution is 7.89. The quantitative estimate of drug-likeness (QED) is 0.538. The van der Waals surface area contributed by atoms with Gasteiger partial charge >= 0.3 is 5.97 Å². The molecule has 0 radical (unpaired) electrons. The van der Waals surface area contributed by atoms with E-state index in [1.165, 1.54) is 23.5 Å². The number of carbonyl (C=O) groups is 1. The molecule has 0 fully saturated rings. The first-order valence-electron chi connectivity index (χ1n) is 10.0. The van der Waals surface area contributed by atoms with Crippen LogP contribution in [-0.2, 0) is 14.8 Å². The molecule has 1 atom stereocenters. The van der Waals surface area contributed by atoms with Gasteiger partial charge in [0, 0.05) is 10.4 Å². The van der Waals surface area contributed by atoms with Crippen LogP contribution < -0.4 is 10.3 Å². The second-order valence-electron chi connectivity index (χ2n) is 8.79. The molecule has 3 aromatic rings. The molecule has 32 heavy (non-hydrogen) atoms. The van der Waals surface area contributed by atoms with Crippen LogP contribution in [0.15, 0.2) is 27.9 Å². The van der Waals surface area contributed by atoms with Crippen LogP contribution in [0.25, 0.3) is 10.2 Å². The maximum Gasteiger partial charge on any atom is 0.339 e. The van der Waals surface area contributed by atoms with Crippen molar-refractivity contribution in [1.82, 2.24) is 14.7 Å². The summed E-state index contributed by atoms with van der Waals surface area (Å²) in [5, 5.41) is 0.537. The number of hydrogen-bond donors (Lipinski definition) is 2. The molecular weight excluding hydrogens is 450 g/mol. The molecule has 0 spiro atoms. The van der Waals surface area contributed by atoms with E-state index in [0.717, 1.165) is 10.4 Å². The minimum Gasteiger partial charge on any atom is -0.451 e. The summed E-state index contributed by atoms with van der Waals surface area (Å²) < 4.78 is 33.4. The van der Waals surface area contributed by atoms with Crippen LogP contribution in [0.3, 0.4) is 0 Å². The number of fused-ring (bicyclic) bond motifs is 1. The van der Waals surface area contributed by atoms with Gasteiger partial charge in [0.15, 0.2) is 11.9 Å². The van der Waals surface area contributed by atoms with E-state index in [1.54, 1.807) is 40.7 Å². The standard InChI is InChI=1S/C22H27N3O5S2/c1-11-8-9-15(32(28,29)25-22(5,6)7)10-16(11)21(27)30-13(3)18-23-19(26)17-12(2)14(4)31-20(17)24-18/h8-10,13,25H,1-7H3,(H,23,24,26)/t13-/m0/s1. The monoisotopic (exact) mass is 477 g/mol. The van der Waals surface area contributed by atoms with Crippen molar-refractivity contribution < 1.29 is 17.9 Å². The number of aromatic nitrogens is 2. The van der Waals surface area contributed by atoms with Crippen LogP contribution in [0, 0.1) is 20.8 Å². The van der Waals surface area contributed by atoms with Crippen molar-refractivity contribution in [2.75, 3.05) is 0 Å². The largest absolute Gasteiger partial charge is 0.451 e. The Morgan fingerprint density at radius 1 is 1.22 bits per heavy atom. The van der Waals surface area contributed by atoms with Gasteiger partial charge in [0.2, 0.25) is 10.0 Å². The van der Waals surface area contributed by atoms with E-state index in [9.17, 15) is 18.0 Å². The molecule has 2 aromatic heterocycles. The van der Waals surface area contributed by atoms with Crippen LogP contribution in [0.4, 0.5) is 0 Å². The van der Waals surface area contributed by atoms with Crippen molar-refractivity contribution >= 4 is 37.5 Å². The smallest absolute Gasteiger partial charge is 0.339 e. The van der Waals surface area contributed by atoms with Gasteiger partial charge in [0.25, 0.3) is 5.56 Å². The van der Waals surface area contributed by atoms with Crippen molar-refractivity contribution in [3.05, 3.63) is 55.9 Å². The minimum atomic E-state index is -3.82. The van der Waals surface area contributed by atoms with Crippen LogP contribution in [0.5, 0.6) is 0 Å². The predicted molar refractivity (Wildman–Crippen MR) is 125 cm³/mol. The Labute approximate surface area is 191 Å². The molecule has 1 aromatic carbocycles. The topological polar surface area (TPSA) is 118 Å². The number of ether oxygens (including phenoxy) is 1.